The van der Waals surface area contributed by atoms with Gasteiger partial charge in [0.15, 0.2) is 23.9 Å². The second-order valence-corrected chi connectivity index (χ2v) is 9.65. The van der Waals surface area contributed by atoms with Crippen molar-refractivity contribution in [3.05, 3.63) is 87.3 Å². The predicted octanol–water partition coefficient (Wildman–Crippen LogP) is 6.48. The molecule has 1 heterocycles. The van der Waals surface area contributed by atoms with E-state index in [1.54, 1.807) is 12.1 Å². The minimum atomic E-state index is -3.01. The van der Waals surface area contributed by atoms with Crippen molar-refractivity contribution in [2.45, 2.75) is 45.8 Å². The number of nitrogens with zero attached hydrogens (tertiary/aromatic N) is 1. The molecule has 4 rings (SSSR count). The van der Waals surface area contributed by atoms with Crippen molar-refractivity contribution in [1.29, 1.82) is 0 Å². The third-order valence-corrected chi connectivity index (χ3v) is 6.14. The molecule has 0 radical (unpaired) electrons. The van der Waals surface area contributed by atoms with Crippen LogP contribution in [0.15, 0.2) is 60.9 Å². The second-order valence-electron chi connectivity index (χ2n) is 8.84. The molecule has 1 aromatic heterocycles. The van der Waals surface area contributed by atoms with Crippen molar-refractivity contribution < 1.29 is 42.0 Å². The van der Waals surface area contributed by atoms with Crippen molar-refractivity contribution >= 4 is 35.1 Å². The maximum atomic E-state index is 12.7. The topological polar surface area (TPSA) is 98.0 Å². The number of halogens is 4. The highest BCUT2D eigenvalue weighted by molar-refractivity contribution is 6.35. The van der Waals surface area contributed by atoms with Crippen LogP contribution in [0.3, 0.4) is 0 Å². The SMILES string of the molecule is CC(=O)OC(Cc1c(Cl)c[n+]([O-])cc1Cl)c1ccc(OC(F)F)c(OCC2CC2)c1.CC(=O)Oc1ccccc1. The summed E-state index contributed by atoms with van der Waals surface area (Å²) in [6, 6.07) is 13.3. The van der Waals surface area contributed by atoms with Gasteiger partial charge >= 0.3 is 18.6 Å². The van der Waals surface area contributed by atoms with Crippen LogP contribution < -0.4 is 18.9 Å². The van der Waals surface area contributed by atoms with Crippen molar-refractivity contribution in [1.82, 2.24) is 0 Å². The van der Waals surface area contributed by atoms with Gasteiger partial charge in [-0.1, -0.05) is 47.5 Å². The monoisotopic (exact) mass is 597 g/mol. The number of ether oxygens (including phenoxy) is 4. The third kappa shape index (κ3) is 10.2. The molecule has 12 heteroatoms. The molecule has 0 bridgehead atoms. The first-order chi connectivity index (χ1) is 19.0. The van der Waals surface area contributed by atoms with Gasteiger partial charge in [0.05, 0.1) is 6.61 Å². The van der Waals surface area contributed by atoms with Crippen molar-refractivity contribution in [2.75, 3.05) is 6.61 Å². The molecule has 40 heavy (non-hydrogen) atoms. The lowest BCUT2D eigenvalue weighted by Gasteiger charge is -2.20. The Kier molecular flexibility index (Phi) is 11.3. The van der Waals surface area contributed by atoms with Crippen LogP contribution in [0.25, 0.3) is 0 Å². The molecule has 1 atom stereocenters. The zero-order valence-corrected chi connectivity index (χ0v) is 23.2. The molecular formula is C28H27Cl2F2NO7. The molecule has 8 nitrogen and oxygen atoms in total. The molecule has 1 unspecified atom stereocenters. The van der Waals surface area contributed by atoms with Gasteiger partial charge in [-0.25, -0.2) is 0 Å². The number of alkyl halides is 2. The number of hydrogen-bond donors (Lipinski definition) is 0. The number of para-hydroxylation sites is 1. The van der Waals surface area contributed by atoms with Gasteiger partial charge in [-0.2, -0.15) is 13.5 Å². The van der Waals surface area contributed by atoms with E-state index in [1.807, 2.05) is 18.2 Å². The van der Waals surface area contributed by atoms with Gasteiger partial charge in [-0.05, 0) is 48.6 Å². The molecule has 1 fully saturated rings. The summed E-state index contributed by atoms with van der Waals surface area (Å²) in [5.74, 6) is 0.147. The summed E-state index contributed by atoms with van der Waals surface area (Å²) in [7, 11) is 0. The molecule has 0 saturated heterocycles. The number of pyridine rings is 1. The largest absolute Gasteiger partial charge is 0.619 e. The fourth-order valence-electron chi connectivity index (χ4n) is 3.52. The Morgan fingerprint density at radius 3 is 2.20 bits per heavy atom. The third-order valence-electron chi connectivity index (χ3n) is 5.49. The predicted molar refractivity (Wildman–Crippen MR) is 143 cm³/mol. The minimum absolute atomic E-state index is 0.0647. The molecule has 0 N–H and O–H groups in total. The van der Waals surface area contributed by atoms with Gasteiger partial charge in [0.1, 0.15) is 21.9 Å². The lowest BCUT2D eigenvalue weighted by Crippen LogP contribution is -2.25. The highest BCUT2D eigenvalue weighted by atomic mass is 35.5. The molecular weight excluding hydrogens is 571 g/mol. The average molecular weight is 598 g/mol. The van der Waals surface area contributed by atoms with E-state index < -0.39 is 18.7 Å². The van der Waals surface area contributed by atoms with E-state index in [1.165, 1.54) is 32.0 Å². The van der Waals surface area contributed by atoms with E-state index in [9.17, 15) is 23.6 Å². The van der Waals surface area contributed by atoms with Gasteiger partial charge in [0.25, 0.3) is 0 Å². The average Bonchev–Trinajstić information content (AvgIpc) is 3.69. The highest BCUT2D eigenvalue weighted by Crippen LogP contribution is 2.37. The molecule has 1 saturated carbocycles. The summed E-state index contributed by atoms with van der Waals surface area (Å²) < 4.78 is 46.4. The molecule has 1 aliphatic rings. The summed E-state index contributed by atoms with van der Waals surface area (Å²) in [6.45, 7) is -0.0104. The Balaban J connectivity index is 0.000000371. The quantitative estimate of drug-likeness (QED) is 0.114. The standard InChI is InChI=1S/C20H19Cl2F2NO5.C8H8O2/c1-11(26)29-18(7-14-15(21)8-25(27)9-16(14)22)13-4-5-17(30-20(23)24)19(6-13)28-10-12-2-3-12;1-7(9)10-8-5-3-2-4-6-8/h4-6,8-9,12,18,20H,2-3,7,10H2,1H3;2-6H,1H3. The minimum Gasteiger partial charge on any atom is -0.619 e. The van der Waals surface area contributed by atoms with Crippen LogP contribution in [-0.2, 0) is 20.7 Å². The first-order valence-electron chi connectivity index (χ1n) is 12.2. The molecule has 0 aliphatic heterocycles. The van der Waals surface area contributed by atoms with E-state index in [4.69, 9.17) is 37.4 Å². The number of carbonyl (C=O) groups is 2. The first-order valence-corrected chi connectivity index (χ1v) is 13.0. The Bertz CT molecular complexity index is 1280. The van der Waals surface area contributed by atoms with Crippen LogP contribution in [-0.4, -0.2) is 25.2 Å². The maximum absolute atomic E-state index is 12.7. The molecule has 214 valence electrons. The summed E-state index contributed by atoms with van der Waals surface area (Å²) >= 11 is 12.3. The molecule has 1 aliphatic carbocycles. The summed E-state index contributed by atoms with van der Waals surface area (Å²) in [5.41, 5.74) is 0.883. The van der Waals surface area contributed by atoms with Crippen LogP contribution in [0.1, 0.15) is 43.9 Å². The van der Waals surface area contributed by atoms with Gasteiger partial charge < -0.3 is 24.2 Å². The number of benzene rings is 2. The van der Waals surface area contributed by atoms with Gasteiger partial charge in [-0.15, -0.1) is 0 Å². The molecule has 3 aromatic rings. The van der Waals surface area contributed by atoms with Crippen molar-refractivity contribution in [3.8, 4) is 17.2 Å². The van der Waals surface area contributed by atoms with Crippen LogP contribution >= 0.6 is 23.2 Å². The van der Waals surface area contributed by atoms with Crippen LogP contribution in [0.5, 0.6) is 17.2 Å². The first kappa shape index (κ1) is 30.9. The Labute approximate surface area is 239 Å². The van der Waals surface area contributed by atoms with E-state index in [0.717, 1.165) is 25.2 Å². The summed E-state index contributed by atoms with van der Waals surface area (Å²) in [4.78, 5) is 22.1. The number of hydrogen-bond acceptors (Lipinski definition) is 7. The van der Waals surface area contributed by atoms with Crippen LogP contribution in [0.2, 0.25) is 10.0 Å². The fraction of sp³-hybridized carbons (Fsp3) is 0.321. The molecule has 2 aromatic carbocycles. The van der Waals surface area contributed by atoms with E-state index in [2.05, 4.69) is 4.74 Å². The van der Waals surface area contributed by atoms with Crippen molar-refractivity contribution in [3.63, 3.8) is 0 Å². The van der Waals surface area contributed by atoms with Gasteiger partial charge in [0.2, 0.25) is 0 Å². The van der Waals surface area contributed by atoms with Crippen LogP contribution in [0, 0.1) is 11.1 Å². The van der Waals surface area contributed by atoms with Gasteiger partial charge in [-0.3, -0.25) is 9.59 Å². The number of esters is 2. The number of rotatable bonds is 10. The van der Waals surface area contributed by atoms with E-state index in [0.29, 0.717) is 34.1 Å². The van der Waals surface area contributed by atoms with E-state index >= 15 is 0 Å². The van der Waals surface area contributed by atoms with Gasteiger partial charge in [0, 0.05) is 25.8 Å². The van der Waals surface area contributed by atoms with Crippen molar-refractivity contribution in [2.24, 2.45) is 5.92 Å². The summed E-state index contributed by atoms with van der Waals surface area (Å²) in [5, 5.41) is 11.7. The van der Waals surface area contributed by atoms with E-state index in [-0.39, 0.29) is 33.9 Å². The Morgan fingerprint density at radius 1 is 1.00 bits per heavy atom. The number of carbonyl (C=O) groups excluding carboxylic acids is 2. The zero-order valence-electron chi connectivity index (χ0n) is 21.7. The zero-order chi connectivity index (χ0) is 29.2. The Hall–Kier alpha value is -3.63. The highest BCUT2D eigenvalue weighted by Gasteiger charge is 2.25. The lowest BCUT2D eigenvalue weighted by molar-refractivity contribution is -0.605. The summed E-state index contributed by atoms with van der Waals surface area (Å²) in [6.07, 6.45) is 3.53. The number of aromatic nitrogens is 1. The molecule has 0 amide bonds. The molecule has 0 spiro atoms. The smallest absolute Gasteiger partial charge is 0.387 e. The fourth-order valence-corrected chi connectivity index (χ4v) is 4.12. The second kappa shape index (κ2) is 14.7. The maximum Gasteiger partial charge on any atom is 0.387 e. The lowest BCUT2D eigenvalue weighted by atomic mass is 10.0. The van der Waals surface area contributed by atoms with Crippen LogP contribution in [0.4, 0.5) is 8.78 Å². The normalized spacial score (nSPS) is 13.1. The Morgan fingerprint density at radius 2 is 1.65 bits per heavy atom.